The molecule has 0 bridgehead atoms. The molecular weight excluding hydrogens is 197 g/mol. The summed E-state index contributed by atoms with van der Waals surface area (Å²) in [6.45, 7) is 4.26. The lowest BCUT2D eigenvalue weighted by Gasteiger charge is -2.19. The monoisotopic (exact) mass is 211 g/mol. The van der Waals surface area contributed by atoms with E-state index >= 15 is 0 Å². The highest BCUT2D eigenvalue weighted by atomic mass is 35.5. The first-order valence-electron chi connectivity index (χ1n) is 3.95. The van der Waals surface area contributed by atoms with Crippen molar-refractivity contribution in [2.45, 2.75) is 20.3 Å². The molecule has 0 fully saturated rings. The van der Waals surface area contributed by atoms with Crippen molar-refractivity contribution in [2.24, 2.45) is 5.41 Å². The third kappa shape index (κ3) is 4.17. The number of alkyl halides is 2. The predicted octanol–water partition coefficient (Wildman–Crippen LogP) is 2.00. The Morgan fingerprint density at radius 3 is 2.42 bits per heavy atom. The van der Waals surface area contributed by atoms with Crippen LogP contribution in [0, 0.1) is 5.41 Å². The van der Waals surface area contributed by atoms with Crippen molar-refractivity contribution < 1.29 is 4.79 Å². The Bertz CT molecular complexity index is 148. The van der Waals surface area contributed by atoms with Gasteiger partial charge in [-0.15, -0.1) is 23.2 Å². The molecule has 72 valence electrons. The summed E-state index contributed by atoms with van der Waals surface area (Å²) in [6.07, 6.45) is 0.797. The number of carbonyl (C=O) groups excluding carboxylic acids is 1. The lowest BCUT2D eigenvalue weighted by Crippen LogP contribution is -2.38. The van der Waals surface area contributed by atoms with Crippen LogP contribution in [0.15, 0.2) is 0 Å². The molecule has 0 atom stereocenters. The smallest absolute Gasteiger partial charge is 0.226 e. The molecular formula is C8H15Cl2NO. The molecule has 12 heavy (non-hydrogen) atoms. The Morgan fingerprint density at radius 1 is 1.42 bits per heavy atom. The minimum Gasteiger partial charge on any atom is -0.356 e. The number of carbonyl (C=O) groups is 1. The van der Waals surface area contributed by atoms with Crippen LogP contribution in [0.25, 0.3) is 0 Å². The molecule has 1 N–H and O–H groups in total. The summed E-state index contributed by atoms with van der Waals surface area (Å²) in [5, 5.41) is 2.77. The van der Waals surface area contributed by atoms with Crippen LogP contribution >= 0.6 is 23.2 Å². The molecule has 0 aliphatic heterocycles. The molecule has 0 saturated heterocycles. The summed E-state index contributed by atoms with van der Waals surface area (Å²) in [5.41, 5.74) is -0.478. The Kier molecular flexibility index (Phi) is 5.68. The third-order valence-electron chi connectivity index (χ3n) is 1.54. The number of rotatable bonds is 5. The van der Waals surface area contributed by atoms with Crippen molar-refractivity contribution in [3.05, 3.63) is 0 Å². The molecule has 1 amide bonds. The van der Waals surface area contributed by atoms with Crippen molar-refractivity contribution in [2.75, 3.05) is 18.3 Å². The summed E-state index contributed by atoms with van der Waals surface area (Å²) in [6, 6.07) is 0. The van der Waals surface area contributed by atoms with E-state index < -0.39 is 5.41 Å². The average Bonchev–Trinajstić information content (AvgIpc) is 2.05. The van der Waals surface area contributed by atoms with Gasteiger partial charge in [-0.05, 0) is 20.3 Å². The predicted molar refractivity (Wildman–Crippen MR) is 52.8 cm³/mol. The second-order valence-electron chi connectivity index (χ2n) is 3.32. The standard InChI is InChI=1S/C8H15Cl2NO/c1-8(2,6-10)7(12)11-5-3-4-9/h3-6H2,1-2H3,(H,11,12). The van der Waals surface area contributed by atoms with Gasteiger partial charge in [0.25, 0.3) is 0 Å². The van der Waals surface area contributed by atoms with Crippen LogP contribution in [-0.4, -0.2) is 24.2 Å². The van der Waals surface area contributed by atoms with E-state index in [-0.39, 0.29) is 5.91 Å². The van der Waals surface area contributed by atoms with Gasteiger partial charge in [-0.25, -0.2) is 0 Å². The third-order valence-corrected chi connectivity index (χ3v) is 2.48. The van der Waals surface area contributed by atoms with Gasteiger partial charge in [-0.2, -0.15) is 0 Å². The number of hydrogen-bond donors (Lipinski definition) is 1. The average molecular weight is 212 g/mol. The van der Waals surface area contributed by atoms with Gasteiger partial charge in [0.1, 0.15) is 0 Å². The molecule has 0 heterocycles. The van der Waals surface area contributed by atoms with Gasteiger partial charge in [-0.1, -0.05) is 0 Å². The summed E-state index contributed by atoms with van der Waals surface area (Å²) in [4.78, 5) is 11.3. The minimum absolute atomic E-state index is 0.0115. The molecule has 0 aromatic heterocycles. The van der Waals surface area contributed by atoms with E-state index in [4.69, 9.17) is 23.2 Å². The fourth-order valence-corrected chi connectivity index (χ4v) is 0.824. The summed E-state index contributed by atoms with van der Waals surface area (Å²) >= 11 is 11.1. The van der Waals surface area contributed by atoms with E-state index in [1.165, 1.54) is 0 Å². The Balaban J connectivity index is 3.72. The van der Waals surface area contributed by atoms with Crippen LogP contribution in [0.4, 0.5) is 0 Å². The molecule has 4 heteroatoms. The molecule has 0 aliphatic rings. The Labute approximate surface area is 83.6 Å². The summed E-state index contributed by atoms with van der Waals surface area (Å²) in [5.74, 6) is 0.893. The lowest BCUT2D eigenvalue weighted by molar-refractivity contribution is -0.128. The maximum Gasteiger partial charge on any atom is 0.226 e. The zero-order valence-electron chi connectivity index (χ0n) is 7.49. The first-order valence-corrected chi connectivity index (χ1v) is 5.01. The summed E-state index contributed by atoms with van der Waals surface area (Å²) in [7, 11) is 0. The maximum atomic E-state index is 11.3. The van der Waals surface area contributed by atoms with E-state index in [9.17, 15) is 4.79 Å². The van der Waals surface area contributed by atoms with E-state index in [2.05, 4.69) is 5.32 Å². The van der Waals surface area contributed by atoms with Gasteiger partial charge in [-0.3, -0.25) is 4.79 Å². The van der Waals surface area contributed by atoms with Gasteiger partial charge in [0.2, 0.25) is 5.91 Å². The Hall–Kier alpha value is 0.0500. The van der Waals surface area contributed by atoms with Crippen molar-refractivity contribution in [1.29, 1.82) is 0 Å². The van der Waals surface area contributed by atoms with Gasteiger partial charge in [0.15, 0.2) is 0 Å². The van der Waals surface area contributed by atoms with Crippen molar-refractivity contribution >= 4 is 29.1 Å². The van der Waals surface area contributed by atoms with E-state index in [0.29, 0.717) is 18.3 Å². The Morgan fingerprint density at radius 2 is 2.00 bits per heavy atom. The molecule has 0 unspecified atom stereocenters. The highest BCUT2D eigenvalue weighted by Crippen LogP contribution is 2.16. The minimum atomic E-state index is -0.478. The molecule has 0 rings (SSSR count). The maximum absolute atomic E-state index is 11.3. The van der Waals surface area contributed by atoms with E-state index in [1.807, 2.05) is 13.8 Å². The molecule has 0 spiro atoms. The number of halogens is 2. The van der Waals surface area contributed by atoms with Crippen LogP contribution in [0.3, 0.4) is 0 Å². The fourth-order valence-electron chi connectivity index (χ4n) is 0.569. The van der Waals surface area contributed by atoms with Crippen molar-refractivity contribution in [1.82, 2.24) is 5.32 Å². The lowest BCUT2D eigenvalue weighted by atomic mass is 9.95. The van der Waals surface area contributed by atoms with Gasteiger partial charge in [0.05, 0.1) is 5.41 Å². The summed E-state index contributed by atoms with van der Waals surface area (Å²) < 4.78 is 0. The van der Waals surface area contributed by atoms with E-state index in [1.54, 1.807) is 0 Å². The first kappa shape index (κ1) is 12.0. The van der Waals surface area contributed by atoms with Crippen LogP contribution in [0.1, 0.15) is 20.3 Å². The molecule has 0 aliphatic carbocycles. The highest BCUT2D eigenvalue weighted by Gasteiger charge is 2.25. The normalized spacial score (nSPS) is 11.3. The number of hydrogen-bond acceptors (Lipinski definition) is 1. The van der Waals surface area contributed by atoms with Crippen molar-refractivity contribution in [3.8, 4) is 0 Å². The van der Waals surface area contributed by atoms with Gasteiger partial charge < -0.3 is 5.32 Å². The molecule has 0 saturated carbocycles. The molecule has 0 aromatic carbocycles. The quantitative estimate of drug-likeness (QED) is 0.548. The zero-order valence-corrected chi connectivity index (χ0v) is 9.00. The van der Waals surface area contributed by atoms with E-state index in [0.717, 1.165) is 6.42 Å². The topological polar surface area (TPSA) is 29.1 Å². The van der Waals surface area contributed by atoms with Gasteiger partial charge >= 0.3 is 0 Å². The SMILES string of the molecule is CC(C)(CCl)C(=O)NCCCCl. The molecule has 2 nitrogen and oxygen atoms in total. The zero-order chi connectivity index (χ0) is 9.61. The second kappa shape index (κ2) is 5.65. The van der Waals surface area contributed by atoms with Crippen LogP contribution in [0.5, 0.6) is 0 Å². The van der Waals surface area contributed by atoms with Crippen LogP contribution < -0.4 is 5.32 Å². The first-order chi connectivity index (χ1) is 5.54. The highest BCUT2D eigenvalue weighted by molar-refractivity contribution is 6.19. The van der Waals surface area contributed by atoms with Gasteiger partial charge in [0, 0.05) is 18.3 Å². The van der Waals surface area contributed by atoms with Crippen molar-refractivity contribution in [3.63, 3.8) is 0 Å². The van der Waals surface area contributed by atoms with Crippen LogP contribution in [0.2, 0.25) is 0 Å². The van der Waals surface area contributed by atoms with Crippen LogP contribution in [-0.2, 0) is 4.79 Å². The fraction of sp³-hybridized carbons (Fsp3) is 0.875. The number of amides is 1. The molecule has 0 aromatic rings. The molecule has 0 radical (unpaired) electrons. The second-order valence-corrected chi connectivity index (χ2v) is 3.96. The largest absolute Gasteiger partial charge is 0.356 e. The number of nitrogens with one attached hydrogen (secondary N) is 1.